The average molecular weight is 247 g/mol. The maximum Gasteiger partial charge on any atom is 0.254 e. The van der Waals surface area contributed by atoms with Crippen LogP contribution in [0, 0.1) is 0 Å². The van der Waals surface area contributed by atoms with Gasteiger partial charge in [0.2, 0.25) is 0 Å². The van der Waals surface area contributed by atoms with E-state index in [1.807, 2.05) is 6.92 Å². The molecule has 0 radical (unpaired) electrons. The predicted molar refractivity (Wildman–Crippen MR) is 52.4 cm³/mol. The Morgan fingerprint density at radius 2 is 2.54 bits per heavy atom. The van der Waals surface area contributed by atoms with Crippen molar-refractivity contribution >= 4 is 21.8 Å². The molecule has 1 aromatic rings. The van der Waals surface area contributed by atoms with E-state index >= 15 is 0 Å². The third-order valence-electron chi connectivity index (χ3n) is 1.56. The molecule has 13 heavy (non-hydrogen) atoms. The molecule has 72 valence electrons. The van der Waals surface area contributed by atoms with Crippen LogP contribution in [0.2, 0.25) is 0 Å². The highest BCUT2D eigenvalue weighted by Crippen LogP contribution is 2.13. The Balaban J connectivity index is 2.58. The fourth-order valence-corrected chi connectivity index (χ4v) is 1.14. The molecule has 0 aliphatic carbocycles. The second-order valence-corrected chi connectivity index (χ2v) is 3.53. The Morgan fingerprint density at radius 1 is 1.85 bits per heavy atom. The van der Waals surface area contributed by atoms with Crippen molar-refractivity contribution in [2.24, 2.45) is 5.73 Å². The minimum Gasteiger partial charge on any atom is -0.457 e. The maximum atomic E-state index is 11.4. The van der Waals surface area contributed by atoms with Gasteiger partial charge in [-0.1, -0.05) is 0 Å². The first-order valence-corrected chi connectivity index (χ1v) is 4.67. The molecule has 1 aromatic heterocycles. The minimum absolute atomic E-state index is 0.0267. The third kappa shape index (κ3) is 2.86. The molecule has 5 heteroatoms. The lowest BCUT2D eigenvalue weighted by Gasteiger charge is -2.09. The van der Waals surface area contributed by atoms with Crippen molar-refractivity contribution < 1.29 is 9.21 Å². The van der Waals surface area contributed by atoms with Gasteiger partial charge in [0.05, 0.1) is 5.56 Å². The lowest BCUT2D eigenvalue weighted by atomic mass is 10.3. The van der Waals surface area contributed by atoms with Crippen LogP contribution in [0.4, 0.5) is 0 Å². The fraction of sp³-hybridized carbons (Fsp3) is 0.375. The zero-order chi connectivity index (χ0) is 9.84. The fourth-order valence-electron chi connectivity index (χ4n) is 0.795. The molecule has 0 fully saturated rings. The molecule has 0 saturated heterocycles. The highest BCUT2D eigenvalue weighted by molar-refractivity contribution is 9.10. The van der Waals surface area contributed by atoms with Gasteiger partial charge in [0, 0.05) is 18.7 Å². The summed E-state index contributed by atoms with van der Waals surface area (Å²) in [4.78, 5) is 11.4. The van der Waals surface area contributed by atoms with E-state index in [9.17, 15) is 4.79 Å². The van der Waals surface area contributed by atoms with Crippen LogP contribution >= 0.6 is 15.9 Å². The van der Waals surface area contributed by atoms with Crippen molar-refractivity contribution in [2.45, 2.75) is 13.0 Å². The summed E-state index contributed by atoms with van der Waals surface area (Å²) >= 11 is 3.11. The number of carbonyl (C=O) groups is 1. The summed E-state index contributed by atoms with van der Waals surface area (Å²) in [6, 6.07) is 1.58. The highest BCUT2D eigenvalue weighted by atomic mass is 79.9. The van der Waals surface area contributed by atoms with E-state index in [0.717, 1.165) is 0 Å². The minimum atomic E-state index is -0.174. The molecule has 0 aliphatic rings. The molecule has 1 heterocycles. The van der Waals surface area contributed by atoms with Gasteiger partial charge in [0.15, 0.2) is 4.67 Å². The van der Waals surface area contributed by atoms with E-state index in [-0.39, 0.29) is 11.9 Å². The molecule has 1 rings (SSSR count). The van der Waals surface area contributed by atoms with Crippen LogP contribution in [0.3, 0.4) is 0 Å². The summed E-state index contributed by atoms with van der Waals surface area (Å²) < 4.78 is 5.47. The van der Waals surface area contributed by atoms with Gasteiger partial charge in [-0.3, -0.25) is 4.79 Å². The van der Waals surface area contributed by atoms with Gasteiger partial charge in [0.1, 0.15) is 6.26 Å². The predicted octanol–water partition coefficient (Wildman–Crippen LogP) is 1.12. The number of rotatable bonds is 3. The number of nitrogens with two attached hydrogens (primary N) is 1. The molecule has 1 atom stereocenters. The summed E-state index contributed by atoms with van der Waals surface area (Å²) in [5, 5.41) is 2.71. The number of hydrogen-bond donors (Lipinski definition) is 2. The van der Waals surface area contributed by atoms with Crippen LogP contribution in [-0.4, -0.2) is 18.5 Å². The molecule has 0 aromatic carbocycles. The van der Waals surface area contributed by atoms with Crippen molar-refractivity contribution in [3.8, 4) is 0 Å². The van der Waals surface area contributed by atoms with E-state index in [1.54, 1.807) is 6.07 Å². The second kappa shape index (κ2) is 4.43. The monoisotopic (exact) mass is 246 g/mol. The molecule has 0 aliphatic heterocycles. The summed E-state index contributed by atoms with van der Waals surface area (Å²) in [5.74, 6) is -0.174. The van der Waals surface area contributed by atoms with E-state index in [2.05, 4.69) is 21.2 Å². The van der Waals surface area contributed by atoms with E-state index in [0.29, 0.717) is 16.8 Å². The first-order valence-electron chi connectivity index (χ1n) is 3.88. The van der Waals surface area contributed by atoms with E-state index in [1.165, 1.54) is 6.26 Å². The van der Waals surface area contributed by atoms with E-state index in [4.69, 9.17) is 10.2 Å². The second-order valence-electron chi connectivity index (χ2n) is 2.75. The van der Waals surface area contributed by atoms with Crippen molar-refractivity contribution in [2.75, 3.05) is 6.54 Å². The molecular formula is C8H11BrN2O2. The first kappa shape index (κ1) is 10.3. The van der Waals surface area contributed by atoms with Crippen molar-refractivity contribution in [3.63, 3.8) is 0 Å². The van der Waals surface area contributed by atoms with Gasteiger partial charge in [-0.2, -0.15) is 0 Å². The molecule has 0 bridgehead atoms. The Hall–Kier alpha value is -0.810. The lowest BCUT2D eigenvalue weighted by molar-refractivity contribution is 0.0940. The number of hydrogen-bond acceptors (Lipinski definition) is 3. The SMILES string of the molecule is C[C@@H](CN)NC(=O)c1coc(Br)c1. The molecular weight excluding hydrogens is 236 g/mol. The van der Waals surface area contributed by atoms with Crippen molar-refractivity contribution in [3.05, 3.63) is 22.6 Å². The largest absolute Gasteiger partial charge is 0.457 e. The maximum absolute atomic E-state index is 11.4. The molecule has 3 N–H and O–H groups in total. The van der Waals surface area contributed by atoms with Crippen molar-refractivity contribution in [1.29, 1.82) is 0 Å². The molecule has 0 unspecified atom stereocenters. The number of halogens is 1. The van der Waals surface area contributed by atoms with Crippen LogP contribution in [0.5, 0.6) is 0 Å². The smallest absolute Gasteiger partial charge is 0.254 e. The topological polar surface area (TPSA) is 68.3 Å². The molecule has 0 spiro atoms. The first-order chi connectivity index (χ1) is 6.13. The lowest BCUT2D eigenvalue weighted by Crippen LogP contribution is -2.37. The van der Waals surface area contributed by atoms with Gasteiger partial charge in [-0.25, -0.2) is 0 Å². The quantitative estimate of drug-likeness (QED) is 0.840. The summed E-state index contributed by atoms with van der Waals surface area (Å²) in [6.07, 6.45) is 1.39. The Kier molecular flexibility index (Phi) is 3.50. The summed E-state index contributed by atoms with van der Waals surface area (Å²) in [6.45, 7) is 2.26. The Labute approximate surface area is 84.6 Å². The number of amides is 1. The highest BCUT2D eigenvalue weighted by Gasteiger charge is 2.10. The van der Waals surface area contributed by atoms with Crippen LogP contribution in [0.25, 0.3) is 0 Å². The number of nitrogens with one attached hydrogen (secondary N) is 1. The van der Waals surface area contributed by atoms with Crippen LogP contribution < -0.4 is 11.1 Å². The van der Waals surface area contributed by atoms with Gasteiger partial charge in [-0.05, 0) is 22.9 Å². The zero-order valence-corrected chi connectivity index (χ0v) is 8.80. The summed E-state index contributed by atoms with van der Waals surface area (Å²) in [5.41, 5.74) is 5.85. The number of furan rings is 1. The van der Waals surface area contributed by atoms with Crippen LogP contribution in [0.15, 0.2) is 21.4 Å². The molecule has 4 nitrogen and oxygen atoms in total. The zero-order valence-electron chi connectivity index (χ0n) is 7.21. The van der Waals surface area contributed by atoms with Crippen LogP contribution in [-0.2, 0) is 0 Å². The van der Waals surface area contributed by atoms with Gasteiger partial charge in [0.25, 0.3) is 5.91 Å². The van der Waals surface area contributed by atoms with Gasteiger partial charge >= 0.3 is 0 Å². The van der Waals surface area contributed by atoms with Gasteiger partial charge in [-0.15, -0.1) is 0 Å². The van der Waals surface area contributed by atoms with E-state index < -0.39 is 0 Å². The standard InChI is InChI=1S/C8H11BrN2O2/c1-5(3-10)11-8(12)6-2-7(9)13-4-6/h2,4-5H,3,10H2,1H3,(H,11,12)/t5-/m0/s1. The number of carbonyl (C=O) groups excluding carboxylic acids is 1. The Morgan fingerprint density at radius 3 is 3.00 bits per heavy atom. The molecule has 0 saturated carbocycles. The van der Waals surface area contributed by atoms with Crippen LogP contribution in [0.1, 0.15) is 17.3 Å². The van der Waals surface area contributed by atoms with Crippen molar-refractivity contribution in [1.82, 2.24) is 5.32 Å². The summed E-state index contributed by atoms with van der Waals surface area (Å²) in [7, 11) is 0. The third-order valence-corrected chi connectivity index (χ3v) is 1.98. The Bertz CT molecular complexity index is 298. The normalized spacial score (nSPS) is 12.5. The van der Waals surface area contributed by atoms with Gasteiger partial charge < -0.3 is 15.5 Å². The molecule has 1 amide bonds. The average Bonchev–Trinajstić information content (AvgIpc) is 2.51.